The normalized spacial score (nSPS) is 20.1. The minimum atomic E-state index is -0.255. The van der Waals surface area contributed by atoms with Crippen LogP contribution >= 0.6 is 0 Å². The second-order valence-corrected chi connectivity index (χ2v) is 4.91. The number of benzene rings is 1. The fourth-order valence-electron chi connectivity index (χ4n) is 2.59. The van der Waals surface area contributed by atoms with Gasteiger partial charge in [0.15, 0.2) is 0 Å². The van der Waals surface area contributed by atoms with Crippen LogP contribution in [0.15, 0.2) is 29.4 Å². The molecule has 0 aromatic heterocycles. The second-order valence-electron chi connectivity index (χ2n) is 4.91. The van der Waals surface area contributed by atoms with Crippen molar-refractivity contribution in [1.82, 2.24) is 5.32 Å². The molecule has 0 amide bonds. The molecule has 1 saturated heterocycles. The predicted molar refractivity (Wildman–Crippen MR) is 74.7 cm³/mol. The molecule has 0 saturated carbocycles. The third-order valence-electron chi connectivity index (χ3n) is 3.49. The number of nitrogens with one attached hydrogen (secondary N) is 1. The molecule has 2 atom stereocenters. The lowest BCUT2D eigenvalue weighted by Crippen LogP contribution is -2.34. The molecular formula is C14H19FN4O. The maximum Gasteiger partial charge on any atom is 0.123 e. The molecule has 20 heavy (non-hydrogen) atoms. The fraction of sp³-hybridized carbons (Fsp3) is 0.571. The number of azide groups is 1. The molecule has 5 nitrogen and oxygen atoms in total. The SMILES string of the molecule is [N-]=[N+]=NCCO[C@@H](c1cccc(F)c1)[C@@H]1CCCNC1. The lowest BCUT2D eigenvalue weighted by molar-refractivity contribution is 0.00707. The van der Waals surface area contributed by atoms with E-state index in [1.807, 2.05) is 6.07 Å². The zero-order valence-corrected chi connectivity index (χ0v) is 11.3. The van der Waals surface area contributed by atoms with Gasteiger partial charge in [0, 0.05) is 23.9 Å². The van der Waals surface area contributed by atoms with Gasteiger partial charge in [0.25, 0.3) is 0 Å². The molecule has 1 aliphatic rings. The van der Waals surface area contributed by atoms with E-state index in [0.29, 0.717) is 19.1 Å². The van der Waals surface area contributed by atoms with Crippen LogP contribution in [-0.2, 0) is 4.74 Å². The molecule has 0 aliphatic carbocycles. The maximum absolute atomic E-state index is 13.4. The Hall–Kier alpha value is -1.62. The number of hydrogen-bond acceptors (Lipinski definition) is 3. The largest absolute Gasteiger partial charge is 0.373 e. The second kappa shape index (κ2) is 7.85. The van der Waals surface area contributed by atoms with Crippen LogP contribution in [0.1, 0.15) is 24.5 Å². The number of halogens is 1. The van der Waals surface area contributed by atoms with Gasteiger partial charge in [0.2, 0.25) is 0 Å². The lowest BCUT2D eigenvalue weighted by atomic mass is 9.89. The summed E-state index contributed by atoms with van der Waals surface area (Å²) in [5, 5.41) is 6.81. The Kier molecular flexibility index (Phi) is 5.80. The van der Waals surface area contributed by atoms with Crippen molar-refractivity contribution in [2.45, 2.75) is 18.9 Å². The van der Waals surface area contributed by atoms with Crippen molar-refractivity contribution in [2.24, 2.45) is 11.0 Å². The Bertz CT molecular complexity index is 470. The van der Waals surface area contributed by atoms with Crippen LogP contribution in [0.3, 0.4) is 0 Å². The van der Waals surface area contributed by atoms with Gasteiger partial charge in [0.05, 0.1) is 12.7 Å². The van der Waals surface area contributed by atoms with Gasteiger partial charge in [-0.25, -0.2) is 4.39 Å². The third-order valence-corrected chi connectivity index (χ3v) is 3.49. The summed E-state index contributed by atoms with van der Waals surface area (Å²) in [7, 11) is 0. The van der Waals surface area contributed by atoms with Crippen LogP contribution in [0.4, 0.5) is 4.39 Å². The van der Waals surface area contributed by atoms with Crippen LogP contribution in [0.5, 0.6) is 0 Å². The molecule has 0 radical (unpaired) electrons. The Morgan fingerprint density at radius 3 is 3.15 bits per heavy atom. The van der Waals surface area contributed by atoms with E-state index < -0.39 is 0 Å². The Labute approximate surface area is 117 Å². The first kappa shape index (κ1) is 14.8. The summed E-state index contributed by atoms with van der Waals surface area (Å²) in [6.45, 7) is 2.53. The molecule has 0 bridgehead atoms. The summed E-state index contributed by atoms with van der Waals surface area (Å²) >= 11 is 0. The summed E-state index contributed by atoms with van der Waals surface area (Å²) in [4.78, 5) is 2.70. The molecule has 2 rings (SSSR count). The number of nitrogens with zero attached hydrogens (tertiary/aromatic N) is 3. The van der Waals surface area contributed by atoms with Crippen molar-refractivity contribution in [1.29, 1.82) is 0 Å². The molecule has 108 valence electrons. The van der Waals surface area contributed by atoms with E-state index >= 15 is 0 Å². The lowest BCUT2D eigenvalue weighted by Gasteiger charge is -2.31. The van der Waals surface area contributed by atoms with Crippen molar-refractivity contribution in [3.63, 3.8) is 0 Å². The highest BCUT2D eigenvalue weighted by molar-refractivity contribution is 5.20. The Morgan fingerprint density at radius 1 is 1.55 bits per heavy atom. The van der Waals surface area contributed by atoms with Crippen LogP contribution < -0.4 is 5.32 Å². The fourth-order valence-corrected chi connectivity index (χ4v) is 2.59. The topological polar surface area (TPSA) is 70.0 Å². The van der Waals surface area contributed by atoms with Gasteiger partial charge in [-0.15, -0.1) is 0 Å². The van der Waals surface area contributed by atoms with Gasteiger partial charge in [-0.1, -0.05) is 17.2 Å². The van der Waals surface area contributed by atoms with Gasteiger partial charge in [-0.2, -0.15) is 0 Å². The molecule has 1 aliphatic heterocycles. The summed E-state index contributed by atoms with van der Waals surface area (Å²) in [6.07, 6.45) is 1.98. The Balaban J connectivity index is 2.07. The summed E-state index contributed by atoms with van der Waals surface area (Å²) in [5.41, 5.74) is 9.12. The average molecular weight is 278 g/mol. The first-order valence-electron chi connectivity index (χ1n) is 6.90. The van der Waals surface area contributed by atoms with Crippen molar-refractivity contribution >= 4 is 0 Å². The van der Waals surface area contributed by atoms with E-state index in [-0.39, 0.29) is 11.9 Å². The first-order valence-corrected chi connectivity index (χ1v) is 6.90. The minimum Gasteiger partial charge on any atom is -0.373 e. The van der Waals surface area contributed by atoms with Crippen LogP contribution in [-0.4, -0.2) is 26.2 Å². The van der Waals surface area contributed by atoms with Gasteiger partial charge < -0.3 is 10.1 Å². The standard InChI is InChI=1S/C14H19FN4O/c15-13-5-1-3-11(9-13)14(20-8-7-18-19-16)12-4-2-6-17-10-12/h1,3,5,9,12,14,17H,2,4,6-8,10H2/t12-,14+/m1/s1. The zero-order chi connectivity index (χ0) is 14.2. The van der Waals surface area contributed by atoms with E-state index in [1.54, 1.807) is 6.07 Å². The number of ether oxygens (including phenoxy) is 1. The highest BCUT2D eigenvalue weighted by atomic mass is 19.1. The monoisotopic (exact) mass is 278 g/mol. The molecule has 1 heterocycles. The van der Waals surface area contributed by atoms with E-state index in [0.717, 1.165) is 31.5 Å². The smallest absolute Gasteiger partial charge is 0.123 e. The van der Waals surface area contributed by atoms with E-state index in [1.165, 1.54) is 12.1 Å². The first-order chi connectivity index (χ1) is 9.81. The molecule has 1 aromatic rings. The van der Waals surface area contributed by atoms with Crippen LogP contribution in [0, 0.1) is 11.7 Å². The molecule has 6 heteroatoms. The summed E-state index contributed by atoms with van der Waals surface area (Å²) in [6, 6.07) is 6.53. The van der Waals surface area contributed by atoms with E-state index in [4.69, 9.17) is 10.3 Å². The molecule has 1 fully saturated rings. The van der Waals surface area contributed by atoms with Gasteiger partial charge in [-0.05, 0) is 42.6 Å². The van der Waals surface area contributed by atoms with Crippen LogP contribution in [0.2, 0.25) is 0 Å². The van der Waals surface area contributed by atoms with E-state index in [9.17, 15) is 4.39 Å². The van der Waals surface area contributed by atoms with Crippen LogP contribution in [0.25, 0.3) is 10.4 Å². The van der Waals surface area contributed by atoms with Gasteiger partial charge in [0.1, 0.15) is 5.82 Å². The number of piperidine rings is 1. The van der Waals surface area contributed by atoms with Gasteiger partial charge >= 0.3 is 0 Å². The molecule has 1 N–H and O–H groups in total. The quantitative estimate of drug-likeness (QED) is 0.376. The number of rotatable bonds is 6. The molecule has 0 spiro atoms. The van der Waals surface area contributed by atoms with Crippen molar-refractivity contribution in [3.05, 3.63) is 46.1 Å². The molecule has 0 unspecified atom stereocenters. The Morgan fingerprint density at radius 2 is 2.45 bits per heavy atom. The van der Waals surface area contributed by atoms with Crippen molar-refractivity contribution in [2.75, 3.05) is 26.2 Å². The predicted octanol–water partition coefficient (Wildman–Crippen LogP) is 3.19. The van der Waals surface area contributed by atoms with E-state index in [2.05, 4.69) is 15.3 Å². The summed E-state index contributed by atoms with van der Waals surface area (Å²) in [5.74, 6) is 0.0616. The molecule has 1 aromatic carbocycles. The average Bonchev–Trinajstić information content (AvgIpc) is 2.48. The minimum absolute atomic E-state index is 0.160. The van der Waals surface area contributed by atoms with Crippen molar-refractivity contribution in [3.8, 4) is 0 Å². The number of hydrogen-bond donors (Lipinski definition) is 1. The maximum atomic E-state index is 13.4. The summed E-state index contributed by atoms with van der Waals surface area (Å²) < 4.78 is 19.3. The molecular weight excluding hydrogens is 259 g/mol. The van der Waals surface area contributed by atoms with Gasteiger partial charge in [-0.3, -0.25) is 0 Å². The third kappa shape index (κ3) is 4.20. The highest BCUT2D eigenvalue weighted by Gasteiger charge is 2.25. The highest BCUT2D eigenvalue weighted by Crippen LogP contribution is 2.31. The van der Waals surface area contributed by atoms with Crippen molar-refractivity contribution < 1.29 is 9.13 Å². The zero-order valence-electron chi connectivity index (χ0n) is 11.3.